The van der Waals surface area contributed by atoms with Gasteiger partial charge in [-0.1, -0.05) is 194 Å². The summed E-state index contributed by atoms with van der Waals surface area (Å²) in [4.78, 5) is 10.7. The molecule has 0 radical (unpaired) electrons. The number of hydrogen-bond acceptors (Lipinski definition) is 4. The van der Waals surface area contributed by atoms with E-state index in [1.165, 1.54) is 16.5 Å². The third kappa shape index (κ3) is 6.87. The zero-order chi connectivity index (χ0) is 45.0. The summed E-state index contributed by atoms with van der Waals surface area (Å²) >= 11 is 0. The Labute approximate surface area is 394 Å². The fourth-order valence-electron chi connectivity index (χ4n) is 10.2. The number of rotatable bonds is 8. The number of hydrogen-bond donors (Lipinski definition) is 1. The van der Waals surface area contributed by atoms with Crippen LogP contribution in [0.2, 0.25) is 0 Å². The maximum Gasteiger partial charge on any atom is 0.159 e. The quantitative estimate of drug-likeness (QED) is 0.165. The van der Waals surface area contributed by atoms with Gasteiger partial charge in [0.25, 0.3) is 0 Å². The molecule has 9 aromatic carbocycles. The Balaban J connectivity index is 1.14. The number of nitrogens with one attached hydrogen (secondary N) is 1. The summed E-state index contributed by atoms with van der Waals surface area (Å²) in [6.45, 7) is 0. The van der Waals surface area contributed by atoms with E-state index in [0.717, 1.165) is 119 Å². The predicted octanol–water partition coefficient (Wildman–Crippen LogP) is 16.1. The van der Waals surface area contributed by atoms with Crippen LogP contribution in [0, 0.1) is 0 Å². The van der Waals surface area contributed by atoms with E-state index < -0.39 is 0 Å². The van der Waals surface area contributed by atoms with Gasteiger partial charge in [-0.05, 0) is 88.2 Å². The number of furan rings is 1. The molecule has 0 saturated carbocycles. The number of aliphatic imine (C=N–C) groups is 2. The molecule has 1 N–H and O–H groups in total. The second-order valence-electron chi connectivity index (χ2n) is 17.6. The van der Waals surface area contributed by atoms with Crippen LogP contribution < -0.4 is 5.32 Å². The minimum Gasteiger partial charge on any atom is -0.456 e. The van der Waals surface area contributed by atoms with E-state index in [1.807, 2.05) is 6.07 Å². The molecule has 3 heterocycles. The maximum absolute atomic E-state index is 6.63. The van der Waals surface area contributed by atoms with E-state index in [-0.39, 0.29) is 6.17 Å². The summed E-state index contributed by atoms with van der Waals surface area (Å²) < 4.78 is 9.14. The summed E-state index contributed by atoms with van der Waals surface area (Å²) in [6.07, 6.45) is 8.29. The molecule has 2 aromatic heterocycles. The van der Waals surface area contributed by atoms with Crippen molar-refractivity contribution in [3.8, 4) is 50.2 Å². The SMILES string of the molecule is C1=CC(C2=NC(c3ccccc3)NC(c3cc(-c4ccc(-c5ccccc5)cc4)c(-n4c5ccccc5c5ccc6oc7ccccc7c6c54)c(-c4ccc(-c5ccccc5)cc4)c3)=N2)=CCC1. The highest BCUT2D eigenvalue weighted by Crippen LogP contribution is 2.46. The third-order valence-electron chi connectivity index (χ3n) is 13.5. The second-order valence-corrected chi connectivity index (χ2v) is 17.6. The third-order valence-corrected chi connectivity index (χ3v) is 13.5. The van der Waals surface area contributed by atoms with Gasteiger partial charge in [0.2, 0.25) is 0 Å². The minimum absolute atomic E-state index is 0.336. The van der Waals surface area contributed by atoms with Gasteiger partial charge < -0.3 is 14.3 Å². The van der Waals surface area contributed by atoms with Crippen LogP contribution in [0.1, 0.15) is 30.1 Å². The van der Waals surface area contributed by atoms with Gasteiger partial charge in [0.15, 0.2) is 5.84 Å². The number of fused-ring (bicyclic) bond motifs is 7. The van der Waals surface area contributed by atoms with Crippen molar-refractivity contribution in [1.82, 2.24) is 9.88 Å². The molecule has 1 aliphatic heterocycles. The molecule has 1 aliphatic carbocycles. The lowest BCUT2D eigenvalue weighted by atomic mass is 9.90. The van der Waals surface area contributed by atoms with E-state index in [2.05, 4.69) is 234 Å². The zero-order valence-corrected chi connectivity index (χ0v) is 37.2. The smallest absolute Gasteiger partial charge is 0.159 e. The largest absolute Gasteiger partial charge is 0.456 e. The van der Waals surface area contributed by atoms with E-state index >= 15 is 0 Å². The Hall–Kier alpha value is -8.80. The lowest BCUT2D eigenvalue weighted by molar-refractivity contribution is 0.669. The maximum atomic E-state index is 6.63. The van der Waals surface area contributed by atoms with Gasteiger partial charge in [-0.25, -0.2) is 9.98 Å². The van der Waals surface area contributed by atoms with Crippen molar-refractivity contribution in [2.45, 2.75) is 19.0 Å². The standard InChI is InChI=1S/C63H44N4O/c1-5-17-41(18-6-1)43-29-33-45(34-30-43)53-39-49(63-65-61(47-21-9-3-10-22-47)64-62(66-63)48-23-11-4-12-24-48)40-54(46-35-31-44(32-36-46)42-19-7-2-8-20-42)59(53)67-55-27-15-13-25-50(55)51-37-38-57-58(60(51)67)52-26-14-16-28-56(52)68-57/h1-3,5-11,13-40,61H,4,12H2,(H,64,65,66). The van der Waals surface area contributed by atoms with Crippen LogP contribution in [0.4, 0.5) is 0 Å². The van der Waals surface area contributed by atoms with Gasteiger partial charge in [0, 0.05) is 38.4 Å². The first kappa shape index (κ1) is 39.6. The molecule has 11 aromatic rings. The zero-order valence-electron chi connectivity index (χ0n) is 37.2. The van der Waals surface area contributed by atoms with Crippen molar-refractivity contribution in [2.24, 2.45) is 9.98 Å². The van der Waals surface area contributed by atoms with Crippen LogP contribution in [0.3, 0.4) is 0 Å². The van der Waals surface area contributed by atoms with E-state index in [1.54, 1.807) is 0 Å². The van der Waals surface area contributed by atoms with Crippen molar-refractivity contribution in [1.29, 1.82) is 0 Å². The van der Waals surface area contributed by atoms with Gasteiger partial charge in [-0.3, -0.25) is 0 Å². The Kier molecular flexibility index (Phi) is 9.64. The van der Waals surface area contributed by atoms with Crippen molar-refractivity contribution < 1.29 is 4.42 Å². The summed E-state index contributed by atoms with van der Waals surface area (Å²) in [5.74, 6) is 1.50. The highest BCUT2D eigenvalue weighted by Gasteiger charge is 2.27. The average molecular weight is 873 g/mol. The molecule has 13 rings (SSSR count). The van der Waals surface area contributed by atoms with Gasteiger partial charge in [-0.2, -0.15) is 0 Å². The lowest BCUT2D eigenvalue weighted by Gasteiger charge is -2.26. The average Bonchev–Trinajstić information content (AvgIpc) is 3.97. The second kappa shape index (κ2) is 16.6. The van der Waals surface area contributed by atoms with Gasteiger partial charge >= 0.3 is 0 Å². The first-order chi connectivity index (χ1) is 33.7. The number of benzene rings is 9. The molecule has 0 spiro atoms. The van der Waals surface area contributed by atoms with Crippen LogP contribution >= 0.6 is 0 Å². The molecule has 68 heavy (non-hydrogen) atoms. The molecule has 5 heteroatoms. The van der Waals surface area contributed by atoms with Gasteiger partial charge in [0.05, 0.1) is 22.1 Å². The van der Waals surface area contributed by atoms with Crippen molar-refractivity contribution in [2.75, 3.05) is 0 Å². The number of nitrogens with zero attached hydrogens (tertiary/aromatic N) is 3. The molecule has 1 atom stereocenters. The number of aromatic nitrogens is 1. The van der Waals surface area contributed by atoms with E-state index in [0.29, 0.717) is 0 Å². The molecule has 1 unspecified atom stereocenters. The number of amidine groups is 2. The Morgan fingerprint density at radius 2 is 1.06 bits per heavy atom. The predicted molar refractivity (Wildman–Crippen MR) is 283 cm³/mol. The topological polar surface area (TPSA) is 54.8 Å². The lowest BCUT2D eigenvalue weighted by Crippen LogP contribution is -2.33. The summed E-state index contributed by atoms with van der Waals surface area (Å²) in [5.41, 5.74) is 17.1. The number of para-hydroxylation sites is 2. The van der Waals surface area contributed by atoms with Crippen LogP contribution in [-0.2, 0) is 0 Å². The molecular weight excluding hydrogens is 829 g/mol. The first-order valence-corrected chi connectivity index (χ1v) is 23.4. The molecule has 0 bridgehead atoms. The van der Waals surface area contributed by atoms with E-state index in [4.69, 9.17) is 14.4 Å². The molecule has 5 nitrogen and oxygen atoms in total. The van der Waals surface area contributed by atoms with Gasteiger partial charge in [-0.15, -0.1) is 0 Å². The highest BCUT2D eigenvalue weighted by molar-refractivity contribution is 6.25. The van der Waals surface area contributed by atoms with E-state index in [9.17, 15) is 0 Å². The highest BCUT2D eigenvalue weighted by atomic mass is 16.3. The van der Waals surface area contributed by atoms with Crippen molar-refractivity contribution >= 4 is 55.4 Å². The molecule has 0 fully saturated rings. The van der Waals surface area contributed by atoms with Gasteiger partial charge in [0.1, 0.15) is 23.2 Å². The van der Waals surface area contributed by atoms with Crippen LogP contribution in [0.25, 0.3) is 93.9 Å². The normalized spacial score (nSPS) is 14.8. The Morgan fingerprint density at radius 1 is 0.485 bits per heavy atom. The first-order valence-electron chi connectivity index (χ1n) is 23.4. The summed E-state index contributed by atoms with van der Waals surface area (Å²) in [5, 5.41) is 8.33. The Bertz CT molecular complexity index is 3730. The van der Waals surface area contributed by atoms with Crippen LogP contribution in [0.15, 0.2) is 251 Å². The fourth-order valence-corrected chi connectivity index (χ4v) is 10.2. The van der Waals surface area contributed by atoms with Crippen molar-refractivity contribution in [3.05, 3.63) is 247 Å². The monoisotopic (exact) mass is 872 g/mol. The molecular formula is C63H44N4O. The van der Waals surface area contributed by atoms with Crippen molar-refractivity contribution in [3.63, 3.8) is 0 Å². The molecule has 322 valence electrons. The fraction of sp³-hybridized carbons (Fsp3) is 0.0476. The molecule has 0 saturated heterocycles. The number of allylic oxidation sites excluding steroid dienone is 2. The molecule has 0 amide bonds. The molecule has 2 aliphatic rings. The Morgan fingerprint density at radius 3 is 1.71 bits per heavy atom. The minimum atomic E-state index is -0.336. The summed E-state index contributed by atoms with van der Waals surface area (Å²) in [7, 11) is 0. The van der Waals surface area contributed by atoms with Crippen LogP contribution in [0.5, 0.6) is 0 Å². The summed E-state index contributed by atoms with van der Waals surface area (Å²) in [6, 6.07) is 76.0. The van der Waals surface area contributed by atoms with Crippen LogP contribution in [-0.4, -0.2) is 16.2 Å².